The Kier molecular flexibility index (Phi) is 5.23. The minimum absolute atomic E-state index is 0.461. The summed E-state index contributed by atoms with van der Waals surface area (Å²) in [5, 5.41) is 3.13. The van der Waals surface area contributed by atoms with E-state index in [2.05, 4.69) is 23.2 Å². The van der Waals surface area contributed by atoms with E-state index in [-0.39, 0.29) is 0 Å². The van der Waals surface area contributed by atoms with Crippen LogP contribution in [-0.4, -0.2) is 37.7 Å². The summed E-state index contributed by atoms with van der Waals surface area (Å²) in [5.74, 6) is 1.06. The normalized spacial score (nSPS) is 18.3. The van der Waals surface area contributed by atoms with Crippen LogP contribution in [0.2, 0.25) is 0 Å². The molecule has 0 aliphatic carbocycles. The first-order chi connectivity index (χ1) is 8.81. The van der Waals surface area contributed by atoms with Crippen LogP contribution in [0.1, 0.15) is 31.1 Å². The third kappa shape index (κ3) is 3.83. The fraction of sp³-hybridized carbons (Fsp3) is 0.714. The highest BCUT2D eigenvalue weighted by Gasteiger charge is 2.19. The number of hydrogen-bond donors (Lipinski definition) is 1. The summed E-state index contributed by atoms with van der Waals surface area (Å²) >= 11 is 0. The smallest absolute Gasteiger partial charge is 0.118 e. The summed E-state index contributed by atoms with van der Waals surface area (Å²) in [6, 6.07) is 2.14. The molecule has 0 atom stereocenters. The summed E-state index contributed by atoms with van der Waals surface area (Å²) in [5.41, 5.74) is 1.22. The summed E-state index contributed by atoms with van der Waals surface area (Å²) in [7, 11) is 1.95. The predicted octanol–water partition coefficient (Wildman–Crippen LogP) is 2.00. The van der Waals surface area contributed by atoms with E-state index >= 15 is 0 Å². The predicted molar refractivity (Wildman–Crippen MR) is 71.4 cm³/mol. The summed E-state index contributed by atoms with van der Waals surface area (Å²) < 4.78 is 11.2. The van der Waals surface area contributed by atoms with Gasteiger partial charge >= 0.3 is 0 Å². The van der Waals surface area contributed by atoms with Gasteiger partial charge in [0.25, 0.3) is 0 Å². The number of nitrogens with one attached hydrogen (secondary N) is 1. The van der Waals surface area contributed by atoms with Gasteiger partial charge in [0.2, 0.25) is 0 Å². The maximum Gasteiger partial charge on any atom is 0.118 e. The molecule has 0 unspecified atom stereocenters. The number of ether oxygens (including phenoxy) is 1. The maximum absolute atomic E-state index is 5.66. The zero-order valence-electron chi connectivity index (χ0n) is 11.4. The van der Waals surface area contributed by atoms with Crippen molar-refractivity contribution < 1.29 is 9.15 Å². The Hall–Kier alpha value is -0.840. The molecule has 1 aliphatic rings. The number of hydrogen-bond acceptors (Lipinski definition) is 4. The molecule has 0 aromatic carbocycles. The Morgan fingerprint density at radius 1 is 1.44 bits per heavy atom. The van der Waals surface area contributed by atoms with Gasteiger partial charge in [0.1, 0.15) is 5.76 Å². The number of likely N-dealkylation sites (tertiary alicyclic amines) is 1. The highest BCUT2D eigenvalue weighted by Crippen LogP contribution is 2.17. The molecule has 1 saturated heterocycles. The van der Waals surface area contributed by atoms with Crippen LogP contribution < -0.4 is 5.32 Å². The van der Waals surface area contributed by atoms with Crippen molar-refractivity contribution in [1.29, 1.82) is 0 Å². The second-order valence-corrected chi connectivity index (χ2v) is 4.88. The van der Waals surface area contributed by atoms with Crippen molar-refractivity contribution in [2.75, 3.05) is 26.7 Å². The molecule has 1 aromatic heterocycles. The molecule has 4 nitrogen and oxygen atoms in total. The molecule has 4 heteroatoms. The molecule has 0 spiro atoms. The Morgan fingerprint density at radius 2 is 2.22 bits per heavy atom. The second kappa shape index (κ2) is 6.92. The van der Waals surface area contributed by atoms with Gasteiger partial charge in [-0.05, 0) is 32.9 Å². The molecule has 0 radical (unpaired) electrons. The molecule has 1 aromatic rings. The van der Waals surface area contributed by atoms with E-state index in [4.69, 9.17) is 9.15 Å². The Labute approximate surface area is 109 Å². The summed E-state index contributed by atoms with van der Waals surface area (Å²) in [6.07, 6.45) is 4.58. The Bertz CT molecular complexity index is 343. The molecule has 0 bridgehead atoms. The van der Waals surface area contributed by atoms with Gasteiger partial charge in [0.15, 0.2) is 0 Å². The first-order valence-corrected chi connectivity index (χ1v) is 6.86. The van der Waals surface area contributed by atoms with Crippen LogP contribution in [0.25, 0.3) is 0 Å². The van der Waals surface area contributed by atoms with Gasteiger partial charge in [0.05, 0.1) is 18.9 Å². The molecule has 1 aliphatic heterocycles. The van der Waals surface area contributed by atoms with Crippen molar-refractivity contribution in [3.63, 3.8) is 0 Å². The lowest BCUT2D eigenvalue weighted by Crippen LogP contribution is -2.36. The van der Waals surface area contributed by atoms with Crippen LogP contribution in [0.15, 0.2) is 16.7 Å². The topological polar surface area (TPSA) is 37.6 Å². The fourth-order valence-corrected chi connectivity index (χ4v) is 2.50. The van der Waals surface area contributed by atoms with Crippen LogP contribution in [0.3, 0.4) is 0 Å². The van der Waals surface area contributed by atoms with E-state index in [1.54, 1.807) is 0 Å². The van der Waals surface area contributed by atoms with Gasteiger partial charge in [-0.1, -0.05) is 0 Å². The van der Waals surface area contributed by atoms with Gasteiger partial charge < -0.3 is 14.5 Å². The third-order valence-electron chi connectivity index (χ3n) is 3.41. The van der Waals surface area contributed by atoms with Crippen molar-refractivity contribution in [1.82, 2.24) is 10.2 Å². The zero-order chi connectivity index (χ0) is 12.8. The minimum Gasteiger partial charge on any atom is -0.468 e. The van der Waals surface area contributed by atoms with E-state index in [1.807, 2.05) is 13.3 Å². The molecule has 2 rings (SSSR count). The zero-order valence-corrected chi connectivity index (χ0v) is 11.4. The van der Waals surface area contributed by atoms with E-state index < -0.39 is 0 Å². The lowest BCUT2D eigenvalue weighted by molar-refractivity contribution is 0.0112. The molecule has 0 amide bonds. The SMILES string of the molecule is CCOC1CCN(Cc2cc(CNC)co2)CC1. The molecule has 18 heavy (non-hydrogen) atoms. The van der Waals surface area contributed by atoms with Crippen LogP contribution >= 0.6 is 0 Å². The average molecular weight is 252 g/mol. The number of furan rings is 1. The van der Waals surface area contributed by atoms with Gasteiger partial charge in [-0.15, -0.1) is 0 Å². The third-order valence-corrected chi connectivity index (χ3v) is 3.41. The fourth-order valence-electron chi connectivity index (χ4n) is 2.50. The monoisotopic (exact) mass is 252 g/mol. The minimum atomic E-state index is 0.461. The molecule has 2 heterocycles. The quantitative estimate of drug-likeness (QED) is 0.840. The standard InChI is InChI=1S/C14H24N2O2/c1-3-17-13-4-6-16(7-5-13)10-14-8-12(9-15-2)11-18-14/h8,11,13,15H,3-7,9-10H2,1-2H3. The van der Waals surface area contributed by atoms with Gasteiger partial charge in [-0.25, -0.2) is 0 Å². The Morgan fingerprint density at radius 3 is 2.89 bits per heavy atom. The number of rotatable bonds is 6. The van der Waals surface area contributed by atoms with E-state index in [9.17, 15) is 0 Å². The molecular formula is C14H24N2O2. The van der Waals surface area contributed by atoms with E-state index in [1.165, 1.54) is 5.56 Å². The van der Waals surface area contributed by atoms with Crippen molar-refractivity contribution >= 4 is 0 Å². The first-order valence-electron chi connectivity index (χ1n) is 6.86. The van der Waals surface area contributed by atoms with Crippen molar-refractivity contribution in [3.05, 3.63) is 23.7 Å². The van der Waals surface area contributed by atoms with E-state index in [0.29, 0.717) is 6.10 Å². The van der Waals surface area contributed by atoms with Gasteiger partial charge in [-0.3, -0.25) is 4.90 Å². The largest absolute Gasteiger partial charge is 0.468 e. The van der Waals surface area contributed by atoms with Crippen LogP contribution in [0.5, 0.6) is 0 Å². The van der Waals surface area contributed by atoms with Crippen LogP contribution in [0.4, 0.5) is 0 Å². The van der Waals surface area contributed by atoms with Crippen molar-refractivity contribution in [3.8, 4) is 0 Å². The molecule has 102 valence electrons. The number of nitrogens with zero attached hydrogens (tertiary/aromatic N) is 1. The molecule has 1 N–H and O–H groups in total. The highest BCUT2D eigenvalue weighted by atomic mass is 16.5. The lowest BCUT2D eigenvalue weighted by Gasteiger charge is -2.30. The van der Waals surface area contributed by atoms with Gasteiger partial charge in [-0.2, -0.15) is 0 Å². The van der Waals surface area contributed by atoms with Gasteiger partial charge in [0, 0.05) is 31.8 Å². The van der Waals surface area contributed by atoms with Crippen LogP contribution in [-0.2, 0) is 17.8 Å². The highest BCUT2D eigenvalue weighted by molar-refractivity contribution is 5.12. The summed E-state index contributed by atoms with van der Waals surface area (Å²) in [4.78, 5) is 2.44. The lowest BCUT2D eigenvalue weighted by atomic mass is 10.1. The molecular weight excluding hydrogens is 228 g/mol. The first kappa shape index (κ1) is 13.6. The molecule has 0 saturated carbocycles. The van der Waals surface area contributed by atoms with E-state index in [0.717, 1.165) is 51.4 Å². The summed E-state index contributed by atoms with van der Waals surface area (Å²) in [6.45, 7) is 6.90. The molecule has 1 fully saturated rings. The number of piperidine rings is 1. The maximum atomic E-state index is 5.66. The Balaban J connectivity index is 1.76. The van der Waals surface area contributed by atoms with Crippen molar-refractivity contribution in [2.24, 2.45) is 0 Å². The second-order valence-electron chi connectivity index (χ2n) is 4.88. The van der Waals surface area contributed by atoms with Crippen molar-refractivity contribution in [2.45, 2.75) is 39.0 Å². The average Bonchev–Trinajstić information content (AvgIpc) is 2.80. The van der Waals surface area contributed by atoms with Crippen LogP contribution in [0, 0.1) is 0 Å².